The minimum atomic E-state index is -0.921. The molecular formula is C20H36N2O3Si. The molecule has 1 rings (SSSR count). The van der Waals surface area contributed by atoms with Crippen molar-refractivity contribution in [1.29, 1.82) is 0 Å². The quantitative estimate of drug-likeness (QED) is 0.312. The second-order valence-electron chi connectivity index (χ2n) is 8.13. The summed E-state index contributed by atoms with van der Waals surface area (Å²) in [6.45, 7) is 7.94. The highest BCUT2D eigenvalue weighted by Gasteiger charge is 2.11. The highest BCUT2D eigenvalue weighted by atomic mass is 28.3. The molecule has 1 aromatic rings. The summed E-state index contributed by atoms with van der Waals surface area (Å²) in [5, 5.41) is 24.0. The lowest BCUT2D eigenvalue weighted by molar-refractivity contribution is 0.0802. The van der Waals surface area contributed by atoms with E-state index in [9.17, 15) is 9.90 Å². The lowest BCUT2D eigenvalue weighted by atomic mass is 10.1. The molecule has 0 heterocycles. The Hall–Kier alpha value is -1.37. The molecular weight excluding hydrogens is 344 g/mol. The molecule has 1 atom stereocenters. The van der Waals surface area contributed by atoms with Crippen LogP contribution in [0.25, 0.3) is 0 Å². The first kappa shape index (κ1) is 22.7. The van der Waals surface area contributed by atoms with Crippen LogP contribution < -0.4 is 10.6 Å². The SMILES string of the molecule is C[Si](C)(C)CCCCCCCNc1ccc(C(=O)NCC(O)CO)cc1. The van der Waals surface area contributed by atoms with E-state index in [-0.39, 0.29) is 19.1 Å². The lowest BCUT2D eigenvalue weighted by Crippen LogP contribution is -2.33. The molecule has 4 N–H and O–H groups in total. The highest BCUT2D eigenvalue weighted by molar-refractivity contribution is 6.76. The first-order valence-electron chi connectivity index (χ1n) is 9.73. The van der Waals surface area contributed by atoms with Gasteiger partial charge in [-0.2, -0.15) is 0 Å². The van der Waals surface area contributed by atoms with Gasteiger partial charge in [-0.15, -0.1) is 0 Å². The van der Waals surface area contributed by atoms with Crippen LogP contribution in [0, 0.1) is 0 Å². The van der Waals surface area contributed by atoms with Crippen molar-refractivity contribution in [1.82, 2.24) is 5.32 Å². The maximum absolute atomic E-state index is 11.9. The molecule has 5 nitrogen and oxygen atoms in total. The summed E-state index contributed by atoms with van der Waals surface area (Å²) in [6.07, 6.45) is 5.53. The predicted octanol–water partition coefficient (Wildman–Crippen LogP) is 3.47. The summed E-state index contributed by atoms with van der Waals surface area (Å²) in [5.74, 6) is -0.248. The topological polar surface area (TPSA) is 81.6 Å². The average Bonchev–Trinajstić information content (AvgIpc) is 2.61. The number of aliphatic hydroxyl groups is 2. The maximum Gasteiger partial charge on any atom is 0.251 e. The molecule has 0 saturated heterocycles. The van der Waals surface area contributed by atoms with E-state index >= 15 is 0 Å². The van der Waals surface area contributed by atoms with Gasteiger partial charge in [-0.1, -0.05) is 51.4 Å². The molecule has 0 saturated carbocycles. The maximum atomic E-state index is 11.9. The number of anilines is 1. The fraction of sp³-hybridized carbons (Fsp3) is 0.650. The summed E-state index contributed by atoms with van der Waals surface area (Å²) < 4.78 is 0. The third kappa shape index (κ3) is 10.6. The van der Waals surface area contributed by atoms with E-state index in [2.05, 4.69) is 30.3 Å². The molecule has 1 unspecified atom stereocenters. The van der Waals surface area contributed by atoms with E-state index < -0.39 is 14.2 Å². The Morgan fingerprint density at radius 2 is 1.65 bits per heavy atom. The fourth-order valence-corrected chi connectivity index (χ4v) is 3.97. The van der Waals surface area contributed by atoms with Gasteiger partial charge >= 0.3 is 0 Å². The normalized spacial score (nSPS) is 12.7. The summed E-state index contributed by atoms with van der Waals surface area (Å²) in [7, 11) is -0.867. The number of unbranched alkanes of at least 4 members (excludes halogenated alkanes) is 4. The third-order valence-corrected chi connectivity index (χ3v) is 6.14. The van der Waals surface area contributed by atoms with Crippen LogP contribution in [0.5, 0.6) is 0 Å². The minimum absolute atomic E-state index is 0.0489. The van der Waals surface area contributed by atoms with Crippen LogP contribution in [0.3, 0.4) is 0 Å². The Morgan fingerprint density at radius 3 is 2.27 bits per heavy atom. The third-order valence-electron chi connectivity index (χ3n) is 4.29. The highest BCUT2D eigenvalue weighted by Crippen LogP contribution is 2.15. The van der Waals surface area contributed by atoms with Crippen molar-refractivity contribution in [2.75, 3.05) is 25.0 Å². The van der Waals surface area contributed by atoms with Gasteiger partial charge in [-0.3, -0.25) is 4.79 Å². The summed E-state index contributed by atoms with van der Waals surface area (Å²) >= 11 is 0. The molecule has 0 aliphatic heterocycles. The molecule has 0 fully saturated rings. The van der Waals surface area contributed by atoms with Gasteiger partial charge in [0.2, 0.25) is 0 Å². The second kappa shape index (κ2) is 12.1. The number of aliphatic hydroxyl groups excluding tert-OH is 2. The molecule has 0 radical (unpaired) electrons. The lowest BCUT2D eigenvalue weighted by Gasteiger charge is -2.14. The van der Waals surface area contributed by atoms with Gasteiger partial charge in [0, 0.05) is 32.4 Å². The average molecular weight is 381 g/mol. The van der Waals surface area contributed by atoms with Crippen molar-refractivity contribution >= 4 is 19.7 Å². The Balaban J connectivity index is 2.16. The van der Waals surface area contributed by atoms with E-state index in [1.165, 1.54) is 31.7 Å². The predicted molar refractivity (Wildman–Crippen MR) is 112 cm³/mol. The Morgan fingerprint density at radius 1 is 1.04 bits per heavy atom. The van der Waals surface area contributed by atoms with E-state index in [0.29, 0.717) is 5.56 Å². The zero-order valence-electron chi connectivity index (χ0n) is 16.6. The summed E-state index contributed by atoms with van der Waals surface area (Å²) in [5.41, 5.74) is 1.55. The smallest absolute Gasteiger partial charge is 0.251 e. The number of carbonyl (C=O) groups is 1. The van der Waals surface area contributed by atoms with Crippen LogP contribution >= 0.6 is 0 Å². The van der Waals surface area contributed by atoms with E-state index in [1.54, 1.807) is 12.1 Å². The second-order valence-corrected chi connectivity index (χ2v) is 13.8. The molecule has 0 spiro atoms. The number of nitrogens with one attached hydrogen (secondary N) is 2. The number of rotatable bonds is 13. The van der Waals surface area contributed by atoms with Crippen molar-refractivity contribution in [3.05, 3.63) is 29.8 Å². The zero-order chi connectivity index (χ0) is 19.4. The number of hydrogen-bond donors (Lipinski definition) is 4. The number of hydrogen-bond acceptors (Lipinski definition) is 4. The monoisotopic (exact) mass is 380 g/mol. The largest absolute Gasteiger partial charge is 0.394 e. The van der Waals surface area contributed by atoms with Gasteiger partial charge in [0.05, 0.1) is 12.7 Å². The van der Waals surface area contributed by atoms with Gasteiger partial charge in [-0.05, 0) is 30.7 Å². The molecule has 148 valence electrons. The molecule has 26 heavy (non-hydrogen) atoms. The molecule has 1 amide bonds. The van der Waals surface area contributed by atoms with Crippen LogP contribution in [-0.4, -0.2) is 50.0 Å². The van der Waals surface area contributed by atoms with Gasteiger partial charge in [-0.25, -0.2) is 0 Å². The van der Waals surface area contributed by atoms with Gasteiger partial charge in [0.15, 0.2) is 0 Å². The Bertz CT molecular complexity index is 515. The van der Waals surface area contributed by atoms with Crippen LogP contribution in [0.2, 0.25) is 25.7 Å². The minimum Gasteiger partial charge on any atom is -0.394 e. The Labute approximate surface area is 159 Å². The Kier molecular flexibility index (Phi) is 10.5. The first-order valence-corrected chi connectivity index (χ1v) is 13.4. The molecule has 0 aliphatic carbocycles. The van der Waals surface area contributed by atoms with Crippen molar-refractivity contribution in [3.63, 3.8) is 0 Å². The van der Waals surface area contributed by atoms with Crippen LogP contribution in [0.4, 0.5) is 5.69 Å². The zero-order valence-corrected chi connectivity index (χ0v) is 17.6. The van der Waals surface area contributed by atoms with Crippen molar-refractivity contribution in [3.8, 4) is 0 Å². The van der Waals surface area contributed by atoms with Crippen LogP contribution in [-0.2, 0) is 0 Å². The van der Waals surface area contributed by atoms with E-state index in [0.717, 1.165) is 18.7 Å². The van der Waals surface area contributed by atoms with Crippen molar-refractivity contribution < 1.29 is 15.0 Å². The first-order chi connectivity index (χ1) is 12.3. The standard InChI is InChI=1S/C20H36N2O3Si/c1-26(2,3)14-8-6-4-5-7-13-21-18-11-9-17(10-12-18)20(25)22-15-19(24)16-23/h9-12,19,21,23-24H,4-8,13-16H2,1-3H3,(H,22,25). The summed E-state index contributed by atoms with van der Waals surface area (Å²) in [4.78, 5) is 11.9. The van der Waals surface area contributed by atoms with E-state index in [1.807, 2.05) is 12.1 Å². The van der Waals surface area contributed by atoms with Gasteiger partial charge in [0.25, 0.3) is 5.91 Å². The number of benzene rings is 1. The molecule has 1 aromatic carbocycles. The molecule has 0 aliphatic rings. The van der Waals surface area contributed by atoms with Gasteiger partial charge in [0.1, 0.15) is 0 Å². The van der Waals surface area contributed by atoms with Crippen LogP contribution in [0.1, 0.15) is 42.5 Å². The van der Waals surface area contributed by atoms with Crippen LogP contribution in [0.15, 0.2) is 24.3 Å². The molecule has 6 heteroatoms. The van der Waals surface area contributed by atoms with Crippen molar-refractivity contribution in [2.24, 2.45) is 0 Å². The summed E-state index contributed by atoms with van der Waals surface area (Å²) in [6, 6.07) is 8.75. The van der Waals surface area contributed by atoms with E-state index in [4.69, 9.17) is 5.11 Å². The number of carbonyl (C=O) groups excluding carboxylic acids is 1. The fourth-order valence-electron chi connectivity index (χ4n) is 2.66. The molecule has 0 aromatic heterocycles. The molecule has 0 bridgehead atoms. The van der Waals surface area contributed by atoms with Gasteiger partial charge < -0.3 is 20.8 Å². The van der Waals surface area contributed by atoms with Crippen molar-refractivity contribution in [2.45, 2.75) is 63.9 Å². The number of amides is 1.